The Bertz CT molecular complexity index is 945. The molecule has 0 heterocycles. The Morgan fingerprint density at radius 2 is 1.78 bits per heavy atom. The van der Waals surface area contributed by atoms with Crippen molar-refractivity contribution in [1.29, 1.82) is 0 Å². The van der Waals surface area contributed by atoms with E-state index in [0.29, 0.717) is 17.1 Å². The summed E-state index contributed by atoms with van der Waals surface area (Å²) >= 11 is 6.08. The fourth-order valence-corrected chi connectivity index (χ4v) is 4.09. The molecule has 9 heteroatoms. The van der Waals surface area contributed by atoms with Gasteiger partial charge in [0.05, 0.1) is 31.9 Å². The normalized spacial score (nSPS) is 11.3. The van der Waals surface area contributed by atoms with Gasteiger partial charge >= 0.3 is 5.97 Å². The summed E-state index contributed by atoms with van der Waals surface area (Å²) in [6.45, 7) is 0.0154. The molecule has 0 saturated carbocycles. The van der Waals surface area contributed by atoms with Crippen molar-refractivity contribution >= 4 is 27.6 Å². The molecule has 0 N–H and O–H groups in total. The van der Waals surface area contributed by atoms with E-state index in [1.807, 2.05) is 0 Å². The van der Waals surface area contributed by atoms with E-state index in [1.54, 1.807) is 18.2 Å². The molecule has 0 aliphatic carbocycles. The van der Waals surface area contributed by atoms with Gasteiger partial charge in [0.1, 0.15) is 16.4 Å². The van der Waals surface area contributed by atoms with E-state index in [-0.39, 0.29) is 22.0 Å². The molecular weight excluding hydrogens is 394 g/mol. The Hall–Kier alpha value is -2.29. The second-order valence-corrected chi connectivity index (χ2v) is 8.00. The summed E-state index contributed by atoms with van der Waals surface area (Å²) in [6, 6.07) is 9.05. The number of hydrogen-bond acceptors (Lipinski definition) is 6. The Morgan fingerprint density at radius 1 is 1.07 bits per heavy atom. The van der Waals surface area contributed by atoms with Gasteiger partial charge in [0.25, 0.3) is 0 Å². The first-order chi connectivity index (χ1) is 12.7. The van der Waals surface area contributed by atoms with Crippen molar-refractivity contribution in [3.63, 3.8) is 0 Å². The van der Waals surface area contributed by atoms with Crippen LogP contribution in [-0.2, 0) is 21.3 Å². The summed E-state index contributed by atoms with van der Waals surface area (Å²) in [6.07, 6.45) is 0. The van der Waals surface area contributed by atoms with Crippen LogP contribution in [0.2, 0.25) is 5.02 Å². The van der Waals surface area contributed by atoms with Gasteiger partial charge in [-0.1, -0.05) is 11.6 Å². The molecule has 0 radical (unpaired) electrons. The summed E-state index contributed by atoms with van der Waals surface area (Å²) in [7, 11) is 1.66. The fraction of sp³-hybridized carbons (Fsp3) is 0.278. The molecule has 0 aromatic heterocycles. The molecule has 0 bridgehead atoms. The van der Waals surface area contributed by atoms with Crippen LogP contribution in [0.1, 0.15) is 15.9 Å². The molecule has 0 aliphatic heterocycles. The average Bonchev–Trinajstić information content (AvgIpc) is 2.67. The average molecular weight is 414 g/mol. The van der Waals surface area contributed by atoms with Crippen molar-refractivity contribution < 1.29 is 27.4 Å². The van der Waals surface area contributed by atoms with E-state index in [4.69, 9.17) is 21.1 Å². The standard InChI is InChI=1S/C18H20ClNO6S/c1-20(11-13-9-14(24-2)6-8-16(13)25-3)27(22,23)17-10-12(18(21)26-4)5-7-15(17)19/h5-10H,11H2,1-4H3. The van der Waals surface area contributed by atoms with E-state index in [9.17, 15) is 13.2 Å². The van der Waals surface area contributed by atoms with Gasteiger partial charge in [0.2, 0.25) is 10.0 Å². The van der Waals surface area contributed by atoms with E-state index >= 15 is 0 Å². The highest BCUT2D eigenvalue weighted by Gasteiger charge is 2.26. The number of methoxy groups -OCH3 is 3. The first-order valence-corrected chi connectivity index (χ1v) is 9.61. The Balaban J connectivity index is 2.41. The molecule has 27 heavy (non-hydrogen) atoms. The molecule has 0 unspecified atom stereocenters. The van der Waals surface area contributed by atoms with Crippen LogP contribution in [0.15, 0.2) is 41.3 Å². The summed E-state index contributed by atoms with van der Waals surface area (Å²) in [4.78, 5) is 11.5. The molecular formula is C18H20ClNO6S. The van der Waals surface area contributed by atoms with Gasteiger partial charge in [0, 0.05) is 19.2 Å². The Kier molecular flexibility index (Phi) is 6.69. The number of hydrogen-bond donors (Lipinski definition) is 0. The largest absolute Gasteiger partial charge is 0.497 e. The zero-order valence-corrected chi connectivity index (χ0v) is 16.9. The van der Waals surface area contributed by atoms with Gasteiger partial charge in [-0.2, -0.15) is 4.31 Å². The second kappa shape index (κ2) is 8.60. The minimum atomic E-state index is -3.98. The molecule has 2 aromatic carbocycles. The predicted molar refractivity (Wildman–Crippen MR) is 101 cm³/mol. The minimum absolute atomic E-state index is 0.00658. The highest BCUT2D eigenvalue weighted by atomic mass is 35.5. The van der Waals surface area contributed by atoms with Gasteiger partial charge in [0.15, 0.2) is 0 Å². The lowest BCUT2D eigenvalue weighted by atomic mass is 10.2. The fourth-order valence-electron chi connectivity index (χ4n) is 2.44. The van der Waals surface area contributed by atoms with Gasteiger partial charge in [-0.25, -0.2) is 13.2 Å². The Labute approximate surface area is 163 Å². The zero-order valence-electron chi connectivity index (χ0n) is 15.4. The Morgan fingerprint density at radius 3 is 2.37 bits per heavy atom. The van der Waals surface area contributed by atoms with E-state index in [0.717, 1.165) is 4.31 Å². The quantitative estimate of drug-likeness (QED) is 0.649. The first-order valence-electron chi connectivity index (χ1n) is 7.79. The van der Waals surface area contributed by atoms with Crippen LogP contribution < -0.4 is 9.47 Å². The van der Waals surface area contributed by atoms with Crippen molar-refractivity contribution in [2.45, 2.75) is 11.4 Å². The third-order valence-electron chi connectivity index (χ3n) is 3.92. The van der Waals surface area contributed by atoms with Crippen LogP contribution in [0.3, 0.4) is 0 Å². The molecule has 146 valence electrons. The second-order valence-electron chi connectivity index (χ2n) is 5.58. The first kappa shape index (κ1) is 21.0. The van der Waals surface area contributed by atoms with Gasteiger partial charge in [-0.15, -0.1) is 0 Å². The number of ether oxygens (including phenoxy) is 3. The van der Waals surface area contributed by atoms with E-state index < -0.39 is 16.0 Å². The van der Waals surface area contributed by atoms with Crippen molar-refractivity contribution in [2.24, 2.45) is 0 Å². The highest BCUT2D eigenvalue weighted by Crippen LogP contribution is 2.29. The van der Waals surface area contributed by atoms with Crippen LogP contribution in [0.25, 0.3) is 0 Å². The molecule has 0 saturated heterocycles. The SMILES string of the molecule is COC(=O)c1ccc(Cl)c(S(=O)(=O)N(C)Cc2cc(OC)ccc2OC)c1. The highest BCUT2D eigenvalue weighted by molar-refractivity contribution is 7.89. The third kappa shape index (κ3) is 4.52. The summed E-state index contributed by atoms with van der Waals surface area (Å²) in [5.74, 6) is 0.440. The number of halogens is 1. The van der Waals surface area contributed by atoms with Crippen molar-refractivity contribution in [2.75, 3.05) is 28.4 Å². The van der Waals surface area contributed by atoms with Crippen LogP contribution >= 0.6 is 11.6 Å². The smallest absolute Gasteiger partial charge is 0.337 e. The van der Waals surface area contributed by atoms with Crippen LogP contribution in [0, 0.1) is 0 Å². The van der Waals surface area contributed by atoms with E-state index in [2.05, 4.69) is 4.74 Å². The number of nitrogens with zero attached hydrogens (tertiary/aromatic N) is 1. The van der Waals surface area contributed by atoms with Crippen molar-refractivity contribution in [1.82, 2.24) is 4.31 Å². The number of rotatable bonds is 7. The lowest BCUT2D eigenvalue weighted by Crippen LogP contribution is -2.27. The molecule has 0 fully saturated rings. The molecule has 7 nitrogen and oxygen atoms in total. The molecule has 0 atom stereocenters. The number of esters is 1. The lowest BCUT2D eigenvalue weighted by molar-refractivity contribution is 0.0600. The molecule has 0 amide bonds. The van der Waals surface area contributed by atoms with Crippen LogP contribution in [-0.4, -0.2) is 47.1 Å². The molecule has 0 aliphatic rings. The number of carbonyl (C=O) groups is 1. The van der Waals surface area contributed by atoms with Crippen LogP contribution in [0.5, 0.6) is 11.5 Å². The third-order valence-corrected chi connectivity index (χ3v) is 6.21. The van der Waals surface area contributed by atoms with Gasteiger partial charge < -0.3 is 14.2 Å². The minimum Gasteiger partial charge on any atom is -0.497 e. The lowest BCUT2D eigenvalue weighted by Gasteiger charge is -2.20. The van der Waals surface area contributed by atoms with Crippen molar-refractivity contribution in [3.8, 4) is 11.5 Å². The number of benzene rings is 2. The van der Waals surface area contributed by atoms with Gasteiger partial charge in [-0.3, -0.25) is 0 Å². The zero-order chi connectivity index (χ0) is 20.2. The maximum atomic E-state index is 13.0. The summed E-state index contributed by atoms with van der Waals surface area (Å²) < 4.78 is 42.2. The summed E-state index contributed by atoms with van der Waals surface area (Å²) in [5.41, 5.74) is 0.705. The van der Waals surface area contributed by atoms with E-state index in [1.165, 1.54) is 46.6 Å². The molecule has 0 spiro atoms. The molecule has 2 aromatic rings. The van der Waals surface area contributed by atoms with Crippen molar-refractivity contribution in [3.05, 3.63) is 52.5 Å². The monoisotopic (exact) mass is 413 g/mol. The van der Waals surface area contributed by atoms with Gasteiger partial charge in [-0.05, 0) is 36.4 Å². The summed E-state index contributed by atoms with van der Waals surface area (Å²) in [5, 5.41) is 0.00658. The number of carbonyl (C=O) groups excluding carboxylic acids is 1. The topological polar surface area (TPSA) is 82.1 Å². The van der Waals surface area contributed by atoms with Crippen LogP contribution in [0.4, 0.5) is 0 Å². The maximum Gasteiger partial charge on any atom is 0.337 e. The predicted octanol–water partition coefficient (Wildman–Crippen LogP) is 2.96. The maximum absolute atomic E-state index is 13.0. The molecule has 2 rings (SSSR count). The number of sulfonamides is 1.